The smallest absolute Gasteiger partial charge is 0.337 e. The largest absolute Gasteiger partial charge is 0.478 e. The molecule has 0 aliphatic carbocycles. The summed E-state index contributed by atoms with van der Waals surface area (Å²) in [5.74, 6) is -1.54. The first-order chi connectivity index (χ1) is 9.09. The molecule has 0 bridgehead atoms. The third kappa shape index (κ3) is 2.74. The second-order valence-electron chi connectivity index (χ2n) is 3.82. The van der Waals surface area contributed by atoms with Crippen molar-refractivity contribution in [2.75, 3.05) is 5.32 Å². The number of aryl methyl sites for hydroxylation is 1. The number of rotatable bonds is 3. The molecule has 0 aromatic carbocycles. The number of aromatic carboxylic acids is 1. The van der Waals surface area contributed by atoms with E-state index in [-0.39, 0.29) is 11.3 Å². The fourth-order valence-corrected chi connectivity index (χ4v) is 1.59. The number of carbonyl (C=O) groups excluding carboxylic acids is 1. The van der Waals surface area contributed by atoms with E-state index in [9.17, 15) is 9.59 Å². The van der Waals surface area contributed by atoms with Crippen LogP contribution in [0.2, 0.25) is 0 Å². The Kier molecular flexibility index (Phi) is 3.51. The molecule has 0 unspecified atom stereocenters. The summed E-state index contributed by atoms with van der Waals surface area (Å²) in [5.41, 5.74) is 1.11. The number of carboxylic acids is 1. The minimum Gasteiger partial charge on any atom is -0.478 e. The van der Waals surface area contributed by atoms with Crippen molar-refractivity contribution in [3.63, 3.8) is 0 Å². The predicted octanol–water partition coefficient (Wildman–Crippen LogP) is 1.74. The minimum absolute atomic E-state index is 0.00936. The third-order valence-electron chi connectivity index (χ3n) is 2.55. The number of amides is 1. The molecule has 2 rings (SSSR count). The highest BCUT2D eigenvalue weighted by atomic mass is 16.4. The van der Waals surface area contributed by atoms with Crippen LogP contribution < -0.4 is 5.32 Å². The van der Waals surface area contributed by atoms with Crippen molar-refractivity contribution in [2.24, 2.45) is 0 Å². The molecule has 0 saturated carbocycles. The predicted molar refractivity (Wildman–Crippen MR) is 68.1 cm³/mol. The van der Waals surface area contributed by atoms with Gasteiger partial charge in [0.15, 0.2) is 0 Å². The van der Waals surface area contributed by atoms with Crippen LogP contribution in [0.1, 0.15) is 26.4 Å². The number of nitrogens with one attached hydrogen (secondary N) is 1. The second-order valence-corrected chi connectivity index (χ2v) is 3.82. The first-order valence-corrected chi connectivity index (χ1v) is 5.50. The van der Waals surface area contributed by atoms with Crippen LogP contribution in [0, 0.1) is 6.92 Å². The maximum atomic E-state index is 12.0. The van der Waals surface area contributed by atoms with Gasteiger partial charge < -0.3 is 10.4 Å². The number of aromatic nitrogens is 2. The van der Waals surface area contributed by atoms with Gasteiger partial charge in [0.05, 0.1) is 23.0 Å². The maximum absolute atomic E-state index is 12.0. The summed E-state index contributed by atoms with van der Waals surface area (Å²) in [4.78, 5) is 30.9. The molecule has 1 amide bonds. The number of hydrogen-bond acceptors (Lipinski definition) is 4. The zero-order chi connectivity index (χ0) is 13.8. The zero-order valence-electron chi connectivity index (χ0n) is 10.1. The molecule has 2 N–H and O–H groups in total. The van der Waals surface area contributed by atoms with Gasteiger partial charge in [-0.25, -0.2) is 4.79 Å². The van der Waals surface area contributed by atoms with Gasteiger partial charge in [0.1, 0.15) is 0 Å². The highest BCUT2D eigenvalue weighted by molar-refractivity contribution is 6.08. The second kappa shape index (κ2) is 5.26. The Labute approximate surface area is 109 Å². The normalized spacial score (nSPS) is 9.95. The maximum Gasteiger partial charge on any atom is 0.337 e. The summed E-state index contributed by atoms with van der Waals surface area (Å²) >= 11 is 0. The number of nitrogens with zero attached hydrogens (tertiary/aromatic N) is 2. The topological polar surface area (TPSA) is 92.2 Å². The fourth-order valence-electron chi connectivity index (χ4n) is 1.59. The summed E-state index contributed by atoms with van der Waals surface area (Å²) in [6, 6.07) is 4.59. The van der Waals surface area contributed by atoms with E-state index in [0.717, 1.165) is 0 Å². The summed E-state index contributed by atoms with van der Waals surface area (Å²) < 4.78 is 0. The quantitative estimate of drug-likeness (QED) is 0.873. The monoisotopic (exact) mass is 257 g/mol. The van der Waals surface area contributed by atoms with Crippen molar-refractivity contribution in [1.82, 2.24) is 9.97 Å². The van der Waals surface area contributed by atoms with Crippen LogP contribution in [-0.2, 0) is 0 Å². The Morgan fingerprint density at radius 2 is 2.00 bits per heavy atom. The Morgan fingerprint density at radius 3 is 2.68 bits per heavy atom. The van der Waals surface area contributed by atoms with E-state index >= 15 is 0 Å². The van der Waals surface area contributed by atoms with Crippen molar-refractivity contribution in [2.45, 2.75) is 6.92 Å². The molecule has 2 heterocycles. The molecule has 2 aromatic rings. The average molecular weight is 257 g/mol. The Bertz CT molecular complexity index is 641. The molecule has 0 saturated heterocycles. The minimum atomic E-state index is -1.12. The van der Waals surface area contributed by atoms with Gasteiger partial charge in [0.2, 0.25) is 0 Å². The summed E-state index contributed by atoms with van der Waals surface area (Å²) in [6.45, 7) is 1.70. The van der Waals surface area contributed by atoms with Crippen molar-refractivity contribution in [3.8, 4) is 0 Å². The SMILES string of the molecule is Cc1ncccc1C(=O)Nc1cnccc1C(=O)O. The lowest BCUT2D eigenvalue weighted by atomic mass is 10.1. The fraction of sp³-hybridized carbons (Fsp3) is 0.0769. The molecule has 96 valence electrons. The van der Waals surface area contributed by atoms with E-state index in [2.05, 4.69) is 15.3 Å². The molecule has 6 heteroatoms. The van der Waals surface area contributed by atoms with Crippen LogP contribution in [0.25, 0.3) is 0 Å². The average Bonchev–Trinajstić information content (AvgIpc) is 2.39. The van der Waals surface area contributed by atoms with E-state index in [4.69, 9.17) is 5.11 Å². The number of hydrogen-bond donors (Lipinski definition) is 2. The van der Waals surface area contributed by atoms with Gasteiger partial charge >= 0.3 is 5.97 Å². The summed E-state index contributed by atoms with van der Waals surface area (Å²) in [5, 5.41) is 11.5. The van der Waals surface area contributed by atoms with Gasteiger partial charge in [0, 0.05) is 18.1 Å². The van der Waals surface area contributed by atoms with Crippen LogP contribution in [0.4, 0.5) is 5.69 Å². The van der Waals surface area contributed by atoms with Gasteiger partial charge in [-0.05, 0) is 25.1 Å². The van der Waals surface area contributed by atoms with Crippen molar-refractivity contribution < 1.29 is 14.7 Å². The molecule has 0 radical (unpaired) electrons. The highest BCUT2D eigenvalue weighted by Crippen LogP contribution is 2.15. The summed E-state index contributed by atoms with van der Waals surface area (Å²) in [6.07, 6.45) is 4.24. The number of carbonyl (C=O) groups is 2. The van der Waals surface area contributed by atoms with Crippen LogP contribution in [0.3, 0.4) is 0 Å². The first kappa shape index (κ1) is 12.7. The lowest BCUT2D eigenvalue weighted by Gasteiger charge is -2.08. The van der Waals surface area contributed by atoms with Gasteiger partial charge in [-0.3, -0.25) is 14.8 Å². The van der Waals surface area contributed by atoms with E-state index in [1.807, 2.05) is 0 Å². The molecule has 6 nitrogen and oxygen atoms in total. The molecule has 0 aliphatic rings. The molecular formula is C13H11N3O3. The van der Waals surface area contributed by atoms with Gasteiger partial charge in [-0.2, -0.15) is 0 Å². The Hall–Kier alpha value is -2.76. The van der Waals surface area contributed by atoms with Crippen LogP contribution in [-0.4, -0.2) is 27.0 Å². The number of pyridine rings is 2. The van der Waals surface area contributed by atoms with E-state index in [0.29, 0.717) is 11.3 Å². The molecule has 0 atom stereocenters. The molecule has 0 spiro atoms. The van der Waals surface area contributed by atoms with Crippen molar-refractivity contribution in [3.05, 3.63) is 53.6 Å². The molecule has 0 fully saturated rings. The standard InChI is InChI=1S/C13H11N3O3/c1-8-9(3-2-5-15-8)12(17)16-11-7-14-6-4-10(11)13(18)19/h2-7H,1H3,(H,16,17)(H,18,19). The zero-order valence-corrected chi connectivity index (χ0v) is 10.1. The van der Waals surface area contributed by atoms with Crippen LogP contribution in [0.15, 0.2) is 36.8 Å². The lowest BCUT2D eigenvalue weighted by Crippen LogP contribution is -2.16. The third-order valence-corrected chi connectivity index (χ3v) is 2.55. The van der Waals surface area contributed by atoms with Crippen molar-refractivity contribution >= 4 is 17.6 Å². The van der Waals surface area contributed by atoms with E-state index in [1.54, 1.807) is 25.3 Å². The summed E-state index contributed by atoms with van der Waals surface area (Å²) in [7, 11) is 0. The van der Waals surface area contributed by atoms with Crippen LogP contribution in [0.5, 0.6) is 0 Å². The van der Waals surface area contributed by atoms with Gasteiger partial charge in [0.25, 0.3) is 5.91 Å². The first-order valence-electron chi connectivity index (χ1n) is 5.50. The van der Waals surface area contributed by atoms with E-state index in [1.165, 1.54) is 18.5 Å². The van der Waals surface area contributed by atoms with Crippen molar-refractivity contribution in [1.29, 1.82) is 0 Å². The lowest BCUT2D eigenvalue weighted by molar-refractivity contribution is 0.0698. The highest BCUT2D eigenvalue weighted by Gasteiger charge is 2.14. The Balaban J connectivity index is 2.30. The van der Waals surface area contributed by atoms with E-state index < -0.39 is 11.9 Å². The van der Waals surface area contributed by atoms with Crippen LogP contribution >= 0.6 is 0 Å². The molecule has 19 heavy (non-hydrogen) atoms. The molecule has 0 aliphatic heterocycles. The molecule has 2 aromatic heterocycles. The number of carboxylic acid groups (broad SMARTS) is 1. The number of anilines is 1. The van der Waals surface area contributed by atoms with Gasteiger partial charge in [-0.1, -0.05) is 0 Å². The Morgan fingerprint density at radius 1 is 1.21 bits per heavy atom. The molecular weight excluding hydrogens is 246 g/mol. The van der Waals surface area contributed by atoms with Gasteiger partial charge in [-0.15, -0.1) is 0 Å².